The van der Waals surface area contributed by atoms with Crippen molar-refractivity contribution in [1.82, 2.24) is 9.78 Å². The van der Waals surface area contributed by atoms with E-state index in [1.165, 1.54) is 0 Å². The van der Waals surface area contributed by atoms with Crippen molar-refractivity contribution in [3.05, 3.63) is 10.2 Å². The summed E-state index contributed by atoms with van der Waals surface area (Å²) in [5.74, 6) is 1.76. The predicted octanol–water partition coefficient (Wildman–Crippen LogP) is 3.34. The molecule has 106 valence electrons. The van der Waals surface area contributed by atoms with Crippen LogP contribution in [0, 0.1) is 5.92 Å². The van der Waals surface area contributed by atoms with Gasteiger partial charge in [0.2, 0.25) is 0 Å². The molecule has 4 nitrogen and oxygen atoms in total. The van der Waals surface area contributed by atoms with Gasteiger partial charge in [0.25, 0.3) is 0 Å². The highest BCUT2D eigenvalue weighted by molar-refractivity contribution is 9.10. The molecule has 0 radical (unpaired) electrons. The van der Waals surface area contributed by atoms with Gasteiger partial charge < -0.3 is 10.1 Å². The van der Waals surface area contributed by atoms with Crippen LogP contribution in [-0.4, -0.2) is 29.5 Å². The average molecular weight is 328 g/mol. The lowest BCUT2D eigenvalue weighted by Crippen LogP contribution is -2.29. The number of rotatable bonds is 1. The number of nitrogens with one attached hydrogen (secondary N) is 1. The lowest BCUT2D eigenvalue weighted by atomic mass is 9.92. The fourth-order valence-corrected chi connectivity index (χ4v) is 4.04. The summed E-state index contributed by atoms with van der Waals surface area (Å²) in [5.41, 5.74) is 1.20. The molecule has 0 aliphatic carbocycles. The van der Waals surface area contributed by atoms with Crippen molar-refractivity contribution in [1.29, 1.82) is 0 Å². The second-order valence-electron chi connectivity index (χ2n) is 6.61. The number of fused-ring (bicyclic) bond motifs is 1. The Morgan fingerprint density at radius 3 is 2.79 bits per heavy atom. The van der Waals surface area contributed by atoms with E-state index in [1.807, 2.05) is 0 Å². The first kappa shape index (κ1) is 13.4. The zero-order valence-electron chi connectivity index (χ0n) is 11.9. The molecule has 1 aromatic heterocycles. The van der Waals surface area contributed by atoms with Gasteiger partial charge in [0.05, 0.1) is 22.8 Å². The molecule has 0 saturated carbocycles. The van der Waals surface area contributed by atoms with E-state index in [-0.39, 0.29) is 5.41 Å². The first-order valence-electron chi connectivity index (χ1n) is 7.08. The van der Waals surface area contributed by atoms with Gasteiger partial charge in [-0.1, -0.05) is 20.8 Å². The third-order valence-corrected chi connectivity index (χ3v) is 4.87. The second kappa shape index (κ2) is 4.77. The van der Waals surface area contributed by atoms with Crippen molar-refractivity contribution in [2.75, 3.05) is 25.1 Å². The number of hydrogen-bond acceptors (Lipinski definition) is 3. The zero-order chi connectivity index (χ0) is 13.6. The minimum absolute atomic E-state index is 0.0571. The Hall–Kier alpha value is -0.550. The molecule has 3 rings (SSSR count). The van der Waals surface area contributed by atoms with E-state index in [4.69, 9.17) is 9.84 Å². The Morgan fingerprint density at radius 2 is 2.16 bits per heavy atom. The summed E-state index contributed by atoms with van der Waals surface area (Å²) in [6, 6.07) is 0.478. The van der Waals surface area contributed by atoms with Crippen LogP contribution >= 0.6 is 15.9 Å². The van der Waals surface area contributed by atoms with Crippen molar-refractivity contribution in [2.45, 2.75) is 45.1 Å². The van der Waals surface area contributed by atoms with Crippen LogP contribution < -0.4 is 5.32 Å². The first-order valence-corrected chi connectivity index (χ1v) is 7.88. The van der Waals surface area contributed by atoms with Crippen LogP contribution in [0.4, 0.5) is 5.82 Å². The second-order valence-corrected chi connectivity index (χ2v) is 7.41. The van der Waals surface area contributed by atoms with E-state index in [0.717, 1.165) is 48.6 Å². The summed E-state index contributed by atoms with van der Waals surface area (Å²) in [6.45, 7) is 9.43. The fourth-order valence-electron chi connectivity index (χ4n) is 3.04. The molecule has 3 heterocycles. The largest absolute Gasteiger partial charge is 0.381 e. The maximum Gasteiger partial charge on any atom is 0.139 e. The summed E-state index contributed by atoms with van der Waals surface area (Å²) in [6.07, 6.45) is 2.30. The van der Waals surface area contributed by atoms with E-state index in [2.05, 4.69) is 46.7 Å². The third-order valence-electron chi connectivity index (χ3n) is 4.12. The van der Waals surface area contributed by atoms with Crippen LogP contribution in [0.15, 0.2) is 4.47 Å². The summed E-state index contributed by atoms with van der Waals surface area (Å²) < 4.78 is 8.89. The number of ether oxygens (including phenoxy) is 1. The van der Waals surface area contributed by atoms with Crippen LogP contribution in [-0.2, 0) is 10.2 Å². The molecule has 2 atom stereocenters. The van der Waals surface area contributed by atoms with Crippen molar-refractivity contribution >= 4 is 21.7 Å². The lowest BCUT2D eigenvalue weighted by Gasteiger charge is -2.29. The molecule has 2 aliphatic heterocycles. The van der Waals surface area contributed by atoms with Gasteiger partial charge in [-0.3, -0.25) is 0 Å². The molecule has 1 N–H and O–H groups in total. The van der Waals surface area contributed by atoms with Crippen LogP contribution in [0.25, 0.3) is 0 Å². The molecule has 19 heavy (non-hydrogen) atoms. The minimum Gasteiger partial charge on any atom is -0.381 e. The Kier molecular flexibility index (Phi) is 3.38. The number of anilines is 1. The Labute approximate surface area is 123 Å². The van der Waals surface area contributed by atoms with E-state index in [9.17, 15) is 0 Å². The van der Waals surface area contributed by atoms with E-state index >= 15 is 0 Å². The Morgan fingerprint density at radius 1 is 1.37 bits per heavy atom. The van der Waals surface area contributed by atoms with E-state index in [1.54, 1.807) is 0 Å². The van der Waals surface area contributed by atoms with Crippen LogP contribution in [0.1, 0.15) is 45.3 Å². The third kappa shape index (κ3) is 2.31. The molecule has 0 amide bonds. The molecule has 5 heteroatoms. The average Bonchev–Trinajstić information content (AvgIpc) is 2.96. The van der Waals surface area contributed by atoms with Crippen molar-refractivity contribution in [3.63, 3.8) is 0 Å². The molecule has 1 aromatic rings. The molecule has 0 bridgehead atoms. The Balaban J connectivity index is 2.00. The van der Waals surface area contributed by atoms with Crippen molar-refractivity contribution in [2.24, 2.45) is 5.92 Å². The minimum atomic E-state index is 0.0571. The van der Waals surface area contributed by atoms with Crippen LogP contribution in [0.2, 0.25) is 0 Å². The molecule has 1 fully saturated rings. The monoisotopic (exact) mass is 327 g/mol. The molecular weight excluding hydrogens is 306 g/mol. The lowest BCUT2D eigenvalue weighted by molar-refractivity contribution is 0.167. The SMILES string of the molecule is CC(C)(C)c1nn2c(c1Br)NCCC2C1CCOC1. The van der Waals surface area contributed by atoms with Gasteiger partial charge in [0.1, 0.15) is 5.82 Å². The van der Waals surface area contributed by atoms with Crippen molar-refractivity contribution in [3.8, 4) is 0 Å². The highest BCUT2D eigenvalue weighted by Crippen LogP contribution is 2.41. The summed E-state index contributed by atoms with van der Waals surface area (Å²) in [7, 11) is 0. The van der Waals surface area contributed by atoms with Crippen LogP contribution in [0.5, 0.6) is 0 Å². The molecule has 1 saturated heterocycles. The maximum absolute atomic E-state index is 5.56. The van der Waals surface area contributed by atoms with Gasteiger partial charge >= 0.3 is 0 Å². The number of halogens is 1. The van der Waals surface area contributed by atoms with Gasteiger partial charge in [-0.2, -0.15) is 5.10 Å². The van der Waals surface area contributed by atoms with E-state index < -0.39 is 0 Å². The van der Waals surface area contributed by atoms with Gasteiger partial charge in [0.15, 0.2) is 0 Å². The van der Waals surface area contributed by atoms with Gasteiger partial charge in [0, 0.05) is 24.5 Å². The van der Waals surface area contributed by atoms with Crippen molar-refractivity contribution < 1.29 is 4.74 Å². The van der Waals surface area contributed by atoms with Gasteiger partial charge in [-0.25, -0.2) is 4.68 Å². The zero-order valence-corrected chi connectivity index (χ0v) is 13.5. The molecular formula is C14H22BrN3O. The molecule has 2 aliphatic rings. The Bertz CT molecular complexity index is 472. The van der Waals surface area contributed by atoms with Crippen LogP contribution in [0.3, 0.4) is 0 Å². The summed E-state index contributed by atoms with van der Waals surface area (Å²) in [4.78, 5) is 0. The van der Waals surface area contributed by atoms with E-state index in [0.29, 0.717) is 12.0 Å². The quantitative estimate of drug-likeness (QED) is 0.859. The summed E-state index contributed by atoms with van der Waals surface area (Å²) in [5, 5.41) is 8.39. The standard InChI is InChI=1S/C14H22BrN3O/c1-14(2,3)12-11(15)13-16-6-4-10(18(13)17-12)9-5-7-19-8-9/h9-10,16H,4-8H2,1-3H3. The van der Waals surface area contributed by atoms with Gasteiger partial charge in [-0.15, -0.1) is 0 Å². The number of aromatic nitrogens is 2. The predicted molar refractivity (Wildman–Crippen MR) is 79.7 cm³/mol. The molecule has 0 spiro atoms. The normalized spacial score (nSPS) is 27.2. The number of nitrogens with zero attached hydrogens (tertiary/aromatic N) is 2. The highest BCUT2D eigenvalue weighted by atomic mass is 79.9. The fraction of sp³-hybridized carbons (Fsp3) is 0.786. The number of hydrogen-bond donors (Lipinski definition) is 1. The molecule has 0 aromatic carbocycles. The van der Waals surface area contributed by atoms with Gasteiger partial charge in [-0.05, 0) is 28.8 Å². The smallest absolute Gasteiger partial charge is 0.139 e. The summed E-state index contributed by atoms with van der Waals surface area (Å²) >= 11 is 3.73. The maximum atomic E-state index is 5.56. The molecule has 2 unspecified atom stereocenters. The first-order chi connectivity index (χ1) is 8.98. The highest BCUT2D eigenvalue weighted by Gasteiger charge is 2.35. The topological polar surface area (TPSA) is 39.1 Å².